The van der Waals surface area contributed by atoms with Crippen molar-refractivity contribution < 1.29 is 29.0 Å². The first-order valence-electron chi connectivity index (χ1n) is 14.3. The zero-order chi connectivity index (χ0) is 29.5. The summed E-state index contributed by atoms with van der Waals surface area (Å²) in [6.45, 7) is 8.35. The van der Waals surface area contributed by atoms with Crippen molar-refractivity contribution in [2.45, 2.75) is 63.6 Å². The number of hydrogen-bond acceptors (Lipinski definition) is 6. The van der Waals surface area contributed by atoms with Gasteiger partial charge < -0.3 is 24.8 Å². The van der Waals surface area contributed by atoms with Crippen molar-refractivity contribution in [3.8, 4) is 5.75 Å². The van der Waals surface area contributed by atoms with Crippen LogP contribution in [0.25, 0.3) is 0 Å². The third kappa shape index (κ3) is 10.5. The summed E-state index contributed by atoms with van der Waals surface area (Å²) < 4.78 is 11.4. The van der Waals surface area contributed by atoms with Gasteiger partial charge in [0, 0.05) is 19.4 Å². The van der Waals surface area contributed by atoms with Gasteiger partial charge in [-0.1, -0.05) is 54.6 Å². The molecule has 2 aromatic carbocycles. The summed E-state index contributed by atoms with van der Waals surface area (Å²) >= 11 is 0. The molecule has 1 heterocycles. The molecule has 0 spiro atoms. The molecule has 1 aliphatic rings. The van der Waals surface area contributed by atoms with Crippen LogP contribution in [0.3, 0.4) is 0 Å². The Morgan fingerprint density at radius 2 is 1.80 bits per heavy atom. The Labute approximate surface area is 243 Å². The van der Waals surface area contributed by atoms with E-state index in [9.17, 15) is 19.5 Å². The zero-order valence-corrected chi connectivity index (χ0v) is 23.7. The number of aliphatic hydroxyl groups is 1. The third-order valence-electron chi connectivity index (χ3n) is 7.15. The number of rotatable bonds is 17. The number of hydrogen-bond donors (Lipinski definition) is 2. The van der Waals surface area contributed by atoms with Gasteiger partial charge in [-0.25, -0.2) is 0 Å². The quantitative estimate of drug-likeness (QED) is 0.219. The third-order valence-corrected chi connectivity index (χ3v) is 7.15. The number of carbonyl (C=O) groups excluding carboxylic acids is 3. The second kappa shape index (κ2) is 17.0. The van der Waals surface area contributed by atoms with Gasteiger partial charge in [-0.15, -0.1) is 13.2 Å². The average Bonchev–Trinajstić information content (AvgIpc) is 3.48. The molecule has 3 rings (SSSR count). The number of nitrogens with one attached hydrogen (secondary N) is 1. The lowest BCUT2D eigenvalue weighted by Gasteiger charge is -2.26. The predicted molar refractivity (Wildman–Crippen MR) is 158 cm³/mol. The van der Waals surface area contributed by atoms with E-state index in [1.54, 1.807) is 17.1 Å². The number of nitrogens with zero attached hydrogens (tertiary/aromatic N) is 1. The van der Waals surface area contributed by atoms with Gasteiger partial charge in [0.25, 0.3) is 0 Å². The second-order valence-corrected chi connectivity index (χ2v) is 10.3. The highest BCUT2D eigenvalue weighted by Crippen LogP contribution is 2.21. The molecule has 0 aromatic heterocycles. The van der Waals surface area contributed by atoms with E-state index >= 15 is 0 Å². The van der Waals surface area contributed by atoms with E-state index in [1.165, 1.54) is 0 Å². The smallest absolute Gasteiger partial charge is 0.306 e. The Kier molecular flexibility index (Phi) is 13.1. The maximum Gasteiger partial charge on any atom is 0.306 e. The van der Waals surface area contributed by atoms with Gasteiger partial charge in [0.05, 0.1) is 24.6 Å². The van der Waals surface area contributed by atoms with Gasteiger partial charge in [-0.3, -0.25) is 14.4 Å². The number of ether oxygens (including phenoxy) is 2. The Morgan fingerprint density at radius 3 is 2.49 bits per heavy atom. The lowest BCUT2D eigenvalue weighted by atomic mass is 9.98. The second-order valence-electron chi connectivity index (χ2n) is 10.3. The van der Waals surface area contributed by atoms with E-state index in [4.69, 9.17) is 9.47 Å². The van der Waals surface area contributed by atoms with Gasteiger partial charge in [0.15, 0.2) is 0 Å². The number of amides is 2. The number of aliphatic hydroxyl groups excluding tert-OH is 1. The average molecular weight is 563 g/mol. The van der Waals surface area contributed by atoms with Crippen LogP contribution in [0, 0.1) is 5.92 Å². The monoisotopic (exact) mass is 562 g/mol. The zero-order valence-electron chi connectivity index (χ0n) is 23.7. The van der Waals surface area contributed by atoms with Gasteiger partial charge in [-0.2, -0.15) is 0 Å². The molecule has 2 N–H and O–H groups in total. The van der Waals surface area contributed by atoms with Gasteiger partial charge in [0.1, 0.15) is 19.0 Å². The van der Waals surface area contributed by atoms with E-state index in [-0.39, 0.29) is 49.9 Å². The van der Waals surface area contributed by atoms with E-state index in [0.29, 0.717) is 32.4 Å². The summed E-state index contributed by atoms with van der Waals surface area (Å²) in [5.74, 6) is -0.708. The van der Waals surface area contributed by atoms with Crippen LogP contribution in [0.15, 0.2) is 79.9 Å². The SMILES string of the molecule is C=CCCC(=O)OCC(Cc1ccc(OCc2ccccc2)cc1)NC(=O)C(CC=C)CC(=O)N1CCCC1CO. The number of benzene rings is 2. The molecule has 0 aliphatic carbocycles. The van der Waals surface area contributed by atoms with Crippen molar-refractivity contribution >= 4 is 17.8 Å². The van der Waals surface area contributed by atoms with Crippen molar-refractivity contribution in [3.63, 3.8) is 0 Å². The summed E-state index contributed by atoms with van der Waals surface area (Å²) in [4.78, 5) is 40.2. The van der Waals surface area contributed by atoms with Crippen molar-refractivity contribution in [2.24, 2.45) is 5.92 Å². The van der Waals surface area contributed by atoms with Crippen LogP contribution in [0.2, 0.25) is 0 Å². The molecule has 3 unspecified atom stereocenters. The Hall–Kier alpha value is -3.91. The van der Waals surface area contributed by atoms with Crippen LogP contribution >= 0.6 is 0 Å². The first kappa shape index (κ1) is 31.6. The van der Waals surface area contributed by atoms with Crippen LogP contribution in [0.1, 0.15) is 49.7 Å². The number of allylic oxidation sites excluding steroid dienone is 2. The predicted octanol–water partition coefficient (Wildman–Crippen LogP) is 4.37. The van der Waals surface area contributed by atoms with E-state index in [0.717, 1.165) is 29.7 Å². The van der Waals surface area contributed by atoms with Crippen LogP contribution in [-0.2, 0) is 32.1 Å². The van der Waals surface area contributed by atoms with Gasteiger partial charge in [-0.05, 0) is 55.4 Å². The summed E-state index contributed by atoms with van der Waals surface area (Å²) in [5.41, 5.74) is 2.01. The van der Waals surface area contributed by atoms with E-state index in [2.05, 4.69) is 18.5 Å². The molecule has 0 radical (unpaired) electrons. The normalized spacial score (nSPS) is 15.9. The summed E-state index contributed by atoms with van der Waals surface area (Å²) in [7, 11) is 0. The molecule has 8 heteroatoms. The van der Waals surface area contributed by atoms with Crippen molar-refractivity contribution in [2.75, 3.05) is 19.8 Å². The molecular weight excluding hydrogens is 520 g/mol. The van der Waals surface area contributed by atoms with Crippen molar-refractivity contribution in [1.29, 1.82) is 0 Å². The van der Waals surface area contributed by atoms with Crippen LogP contribution < -0.4 is 10.1 Å². The van der Waals surface area contributed by atoms with E-state index < -0.39 is 12.0 Å². The van der Waals surface area contributed by atoms with Gasteiger partial charge >= 0.3 is 5.97 Å². The number of likely N-dealkylation sites (tertiary alicyclic amines) is 1. The molecule has 1 aliphatic heterocycles. The minimum absolute atomic E-state index is 0.00143. The van der Waals surface area contributed by atoms with Crippen LogP contribution in [0.5, 0.6) is 5.75 Å². The molecule has 1 saturated heterocycles. The highest BCUT2D eigenvalue weighted by atomic mass is 16.5. The topological polar surface area (TPSA) is 105 Å². The standard InChI is InChI=1S/C33H42N2O6/c1-3-5-14-32(38)41-24-28(20-25-15-17-30(18-16-25)40-23-26-11-7-6-8-12-26)34-33(39)27(10-4-2)21-31(37)35-19-9-13-29(35)22-36/h3-4,6-8,11-12,15-18,27-29,36H,1-2,5,9-10,13-14,19-24H2,(H,34,39). The number of carbonyl (C=O) groups is 3. The lowest BCUT2D eigenvalue weighted by molar-refractivity contribution is -0.145. The minimum atomic E-state index is -0.618. The maximum absolute atomic E-state index is 13.4. The maximum atomic E-state index is 13.4. The molecule has 0 saturated carbocycles. The molecular formula is C33H42N2O6. The first-order chi connectivity index (χ1) is 19.9. The molecule has 2 aromatic rings. The minimum Gasteiger partial charge on any atom is -0.489 e. The van der Waals surface area contributed by atoms with Crippen molar-refractivity contribution in [1.82, 2.24) is 10.2 Å². The summed E-state index contributed by atoms with van der Waals surface area (Å²) in [5, 5.41) is 12.6. The van der Waals surface area contributed by atoms with Gasteiger partial charge in [0.2, 0.25) is 11.8 Å². The molecule has 0 bridgehead atoms. The molecule has 8 nitrogen and oxygen atoms in total. The Bertz CT molecular complexity index is 1130. The number of esters is 1. The Balaban J connectivity index is 1.64. The first-order valence-corrected chi connectivity index (χ1v) is 14.3. The highest BCUT2D eigenvalue weighted by molar-refractivity contribution is 5.86. The van der Waals surface area contributed by atoms with E-state index in [1.807, 2.05) is 54.6 Å². The largest absolute Gasteiger partial charge is 0.489 e. The Morgan fingerprint density at radius 1 is 1.05 bits per heavy atom. The van der Waals surface area contributed by atoms with Crippen molar-refractivity contribution in [3.05, 3.63) is 91.0 Å². The molecule has 3 atom stereocenters. The lowest BCUT2D eigenvalue weighted by Crippen LogP contribution is -2.45. The molecule has 41 heavy (non-hydrogen) atoms. The fraction of sp³-hybridized carbons (Fsp3) is 0.424. The summed E-state index contributed by atoms with van der Waals surface area (Å²) in [6, 6.07) is 16.8. The van der Waals surface area contributed by atoms with Crippen LogP contribution in [0.4, 0.5) is 0 Å². The fourth-order valence-electron chi connectivity index (χ4n) is 4.87. The molecule has 2 amide bonds. The molecule has 1 fully saturated rings. The highest BCUT2D eigenvalue weighted by Gasteiger charge is 2.31. The fourth-order valence-corrected chi connectivity index (χ4v) is 4.87. The summed E-state index contributed by atoms with van der Waals surface area (Å²) in [6.07, 6.45) is 6.38. The molecule has 220 valence electrons. The van der Waals surface area contributed by atoms with Crippen LogP contribution in [-0.4, -0.2) is 59.6 Å².